The summed E-state index contributed by atoms with van der Waals surface area (Å²) < 4.78 is 0. The van der Waals surface area contributed by atoms with E-state index in [0.29, 0.717) is 10.7 Å². The zero-order valence-corrected chi connectivity index (χ0v) is 13.7. The van der Waals surface area contributed by atoms with Gasteiger partial charge in [-0.3, -0.25) is 9.88 Å². The van der Waals surface area contributed by atoms with E-state index in [1.807, 2.05) is 30.3 Å². The van der Waals surface area contributed by atoms with Crippen LogP contribution in [0.2, 0.25) is 5.02 Å². The number of aromatic nitrogens is 1. The predicted molar refractivity (Wildman–Crippen MR) is 91.5 cm³/mol. The van der Waals surface area contributed by atoms with E-state index in [0.717, 1.165) is 22.7 Å². The molecule has 0 aliphatic carbocycles. The van der Waals surface area contributed by atoms with Crippen molar-refractivity contribution in [1.82, 2.24) is 9.88 Å². The van der Waals surface area contributed by atoms with E-state index >= 15 is 0 Å². The molecule has 0 saturated heterocycles. The first kappa shape index (κ1) is 15.9. The first-order valence-electron chi connectivity index (χ1n) is 6.68. The maximum Gasteiger partial charge on any atom is 0.122 e. The quantitative estimate of drug-likeness (QED) is 0.856. The van der Waals surface area contributed by atoms with Crippen molar-refractivity contribution in [2.45, 2.75) is 19.5 Å². The summed E-state index contributed by atoms with van der Waals surface area (Å²) in [4.78, 5) is 6.70. The average Bonchev–Trinajstić information content (AvgIpc) is 2.47. The number of hydrogen-bond acceptors (Lipinski definition) is 3. The summed E-state index contributed by atoms with van der Waals surface area (Å²) in [5, 5.41) is 0.787. The van der Waals surface area contributed by atoms with E-state index in [4.69, 9.17) is 29.6 Å². The Morgan fingerprint density at radius 1 is 1.38 bits per heavy atom. The van der Waals surface area contributed by atoms with Gasteiger partial charge in [0, 0.05) is 23.8 Å². The van der Waals surface area contributed by atoms with Gasteiger partial charge in [-0.15, -0.1) is 0 Å². The summed E-state index contributed by atoms with van der Waals surface area (Å²) in [5.41, 5.74) is 8.51. The van der Waals surface area contributed by atoms with Gasteiger partial charge in [-0.05, 0) is 43.3 Å². The lowest BCUT2D eigenvalue weighted by Crippen LogP contribution is -2.22. The Morgan fingerprint density at radius 2 is 2.10 bits per heavy atom. The van der Waals surface area contributed by atoms with Crippen molar-refractivity contribution in [3.63, 3.8) is 0 Å². The summed E-state index contributed by atoms with van der Waals surface area (Å²) in [5.74, 6) is 0. The zero-order chi connectivity index (χ0) is 15.4. The normalized spacial score (nSPS) is 12.4. The topological polar surface area (TPSA) is 42.2 Å². The third kappa shape index (κ3) is 4.00. The molecule has 2 aromatic rings. The Labute approximate surface area is 135 Å². The number of pyridine rings is 1. The zero-order valence-electron chi connectivity index (χ0n) is 12.1. The van der Waals surface area contributed by atoms with Crippen LogP contribution in [0.25, 0.3) is 0 Å². The standard InChI is InChI=1S/C16H18ClN3S/c1-11(13-5-3-4-6-14(13)17)20(2)10-12-7-8-19-15(9-12)16(18)21/h3-9,11H,10H2,1-2H3,(H2,18,21). The van der Waals surface area contributed by atoms with Crippen molar-refractivity contribution in [2.75, 3.05) is 7.05 Å². The smallest absolute Gasteiger partial charge is 0.122 e. The second-order valence-corrected chi connectivity index (χ2v) is 5.87. The minimum absolute atomic E-state index is 0.208. The van der Waals surface area contributed by atoms with E-state index in [1.54, 1.807) is 6.20 Å². The Kier molecular flexibility index (Phi) is 5.28. The van der Waals surface area contributed by atoms with Crippen LogP contribution >= 0.6 is 23.8 Å². The van der Waals surface area contributed by atoms with E-state index in [1.165, 1.54) is 0 Å². The van der Waals surface area contributed by atoms with Gasteiger partial charge in [-0.2, -0.15) is 0 Å². The average molecular weight is 320 g/mol. The van der Waals surface area contributed by atoms with Crippen LogP contribution in [-0.2, 0) is 6.54 Å². The van der Waals surface area contributed by atoms with Gasteiger partial charge in [0.2, 0.25) is 0 Å². The Bertz CT molecular complexity index is 645. The van der Waals surface area contributed by atoms with Crippen LogP contribution in [0.15, 0.2) is 42.6 Å². The van der Waals surface area contributed by atoms with Crippen LogP contribution in [0.4, 0.5) is 0 Å². The lowest BCUT2D eigenvalue weighted by Gasteiger charge is -2.26. The molecule has 1 aromatic carbocycles. The molecule has 0 bridgehead atoms. The third-order valence-corrected chi connectivity index (χ3v) is 4.08. The number of halogens is 1. The molecular formula is C16H18ClN3S. The molecule has 2 N–H and O–H groups in total. The predicted octanol–water partition coefficient (Wildman–Crippen LogP) is 3.56. The maximum absolute atomic E-state index is 6.26. The van der Waals surface area contributed by atoms with Gasteiger partial charge in [0.25, 0.3) is 0 Å². The van der Waals surface area contributed by atoms with Crippen molar-refractivity contribution in [2.24, 2.45) is 5.73 Å². The van der Waals surface area contributed by atoms with E-state index in [9.17, 15) is 0 Å². The van der Waals surface area contributed by atoms with Crippen LogP contribution in [-0.4, -0.2) is 21.9 Å². The highest BCUT2D eigenvalue weighted by Gasteiger charge is 2.14. The SMILES string of the molecule is CC(c1ccccc1Cl)N(C)Cc1ccnc(C(N)=S)c1. The molecule has 1 aromatic heterocycles. The molecule has 0 aliphatic heterocycles. The molecule has 0 fully saturated rings. The number of nitrogens with zero attached hydrogens (tertiary/aromatic N) is 2. The van der Waals surface area contributed by atoms with E-state index < -0.39 is 0 Å². The van der Waals surface area contributed by atoms with Crippen molar-refractivity contribution < 1.29 is 0 Å². The molecule has 2 rings (SSSR count). The number of nitrogens with two attached hydrogens (primary N) is 1. The molecule has 5 heteroatoms. The molecule has 1 atom stereocenters. The second kappa shape index (κ2) is 6.98. The molecule has 0 aliphatic rings. The fourth-order valence-electron chi connectivity index (χ4n) is 2.18. The molecule has 1 heterocycles. The largest absolute Gasteiger partial charge is 0.388 e. The maximum atomic E-state index is 6.26. The first-order chi connectivity index (χ1) is 9.99. The fraction of sp³-hybridized carbons (Fsp3) is 0.250. The number of rotatable bonds is 5. The van der Waals surface area contributed by atoms with Crippen LogP contribution in [0.5, 0.6) is 0 Å². The van der Waals surface area contributed by atoms with Crippen LogP contribution in [0, 0.1) is 0 Å². The monoisotopic (exact) mass is 319 g/mol. The van der Waals surface area contributed by atoms with Gasteiger partial charge in [0.05, 0.1) is 5.69 Å². The van der Waals surface area contributed by atoms with Crippen LogP contribution in [0.1, 0.15) is 29.8 Å². The third-order valence-electron chi connectivity index (χ3n) is 3.53. The highest BCUT2D eigenvalue weighted by atomic mass is 35.5. The summed E-state index contributed by atoms with van der Waals surface area (Å²) in [7, 11) is 2.06. The number of hydrogen-bond donors (Lipinski definition) is 1. The second-order valence-electron chi connectivity index (χ2n) is 5.03. The molecule has 0 spiro atoms. The van der Waals surface area contributed by atoms with Crippen LogP contribution < -0.4 is 5.73 Å². The Hall–Kier alpha value is -1.49. The highest BCUT2D eigenvalue weighted by Crippen LogP contribution is 2.27. The van der Waals surface area contributed by atoms with Gasteiger partial charge in [0.15, 0.2) is 0 Å². The molecule has 3 nitrogen and oxygen atoms in total. The number of thiocarbonyl (C=S) groups is 1. The minimum atomic E-state index is 0.208. The molecule has 0 radical (unpaired) electrons. The first-order valence-corrected chi connectivity index (χ1v) is 7.47. The van der Waals surface area contributed by atoms with Crippen molar-refractivity contribution in [1.29, 1.82) is 0 Å². The number of benzene rings is 1. The summed E-state index contributed by atoms with van der Waals surface area (Å²) in [6.45, 7) is 2.90. The summed E-state index contributed by atoms with van der Waals surface area (Å²) in [6, 6.07) is 12.0. The van der Waals surface area contributed by atoms with Crippen LogP contribution in [0.3, 0.4) is 0 Å². The summed E-state index contributed by atoms with van der Waals surface area (Å²) >= 11 is 11.2. The lowest BCUT2D eigenvalue weighted by molar-refractivity contribution is 0.253. The van der Waals surface area contributed by atoms with Gasteiger partial charge in [-0.25, -0.2) is 0 Å². The molecular weight excluding hydrogens is 302 g/mol. The molecule has 0 saturated carbocycles. The van der Waals surface area contributed by atoms with E-state index in [2.05, 4.69) is 29.9 Å². The highest BCUT2D eigenvalue weighted by molar-refractivity contribution is 7.80. The van der Waals surface area contributed by atoms with Gasteiger partial charge in [0.1, 0.15) is 4.99 Å². The van der Waals surface area contributed by atoms with Crippen molar-refractivity contribution in [3.8, 4) is 0 Å². The fourth-order valence-corrected chi connectivity index (χ4v) is 2.59. The van der Waals surface area contributed by atoms with Gasteiger partial charge >= 0.3 is 0 Å². The minimum Gasteiger partial charge on any atom is -0.388 e. The van der Waals surface area contributed by atoms with Crippen molar-refractivity contribution in [3.05, 3.63) is 64.4 Å². The lowest BCUT2D eigenvalue weighted by atomic mass is 10.1. The molecule has 1 unspecified atom stereocenters. The Morgan fingerprint density at radius 3 is 2.76 bits per heavy atom. The summed E-state index contributed by atoms with van der Waals surface area (Å²) in [6.07, 6.45) is 1.73. The van der Waals surface area contributed by atoms with Gasteiger partial charge in [-0.1, -0.05) is 42.0 Å². The molecule has 110 valence electrons. The Balaban J connectivity index is 2.14. The van der Waals surface area contributed by atoms with Crippen molar-refractivity contribution >= 4 is 28.8 Å². The molecule has 0 amide bonds. The van der Waals surface area contributed by atoms with E-state index in [-0.39, 0.29) is 6.04 Å². The molecule has 21 heavy (non-hydrogen) atoms. The van der Waals surface area contributed by atoms with Gasteiger partial charge < -0.3 is 5.73 Å².